The summed E-state index contributed by atoms with van der Waals surface area (Å²) in [7, 11) is -3.83. The zero-order valence-electron chi connectivity index (χ0n) is 22.4. The Bertz CT molecular complexity index is 1200. The number of carbonyl (C=O) groups is 1. The molecule has 2 aliphatic rings. The van der Waals surface area contributed by atoms with Crippen LogP contribution in [0.4, 0.5) is 0 Å². The molecule has 204 valence electrons. The Hall–Kier alpha value is -2.04. The number of sulfonamides is 1. The van der Waals surface area contributed by atoms with Crippen molar-refractivity contribution in [3.63, 3.8) is 0 Å². The number of ether oxygens (including phenoxy) is 1. The van der Waals surface area contributed by atoms with Crippen LogP contribution in [0.5, 0.6) is 0 Å². The monoisotopic (exact) mass is 531 g/mol. The average Bonchev–Trinajstić information content (AvgIpc) is 2.83. The van der Waals surface area contributed by atoms with Gasteiger partial charge in [0.05, 0.1) is 10.5 Å². The van der Waals surface area contributed by atoms with Crippen molar-refractivity contribution in [3.8, 4) is 0 Å². The highest BCUT2D eigenvalue weighted by atomic mass is 32.2. The third-order valence-corrected chi connectivity index (χ3v) is 9.05. The summed E-state index contributed by atoms with van der Waals surface area (Å²) in [6, 6.07) is 10.2. The van der Waals surface area contributed by atoms with Gasteiger partial charge in [-0.1, -0.05) is 44.0 Å². The van der Waals surface area contributed by atoms with Crippen molar-refractivity contribution in [1.82, 2.24) is 14.9 Å². The van der Waals surface area contributed by atoms with Crippen LogP contribution in [0.15, 0.2) is 41.3 Å². The van der Waals surface area contributed by atoms with E-state index in [1.54, 1.807) is 30.3 Å². The van der Waals surface area contributed by atoms with Crippen LogP contribution in [0.1, 0.15) is 76.6 Å². The molecular weight excluding hydrogens is 490 g/mol. The smallest absolute Gasteiger partial charge is 0.252 e. The van der Waals surface area contributed by atoms with E-state index in [1.165, 1.54) is 6.42 Å². The Morgan fingerprint density at radius 2 is 1.68 bits per heavy atom. The van der Waals surface area contributed by atoms with E-state index in [-0.39, 0.29) is 22.9 Å². The van der Waals surface area contributed by atoms with Crippen LogP contribution in [0.2, 0.25) is 0 Å². The summed E-state index contributed by atoms with van der Waals surface area (Å²) >= 11 is 0. The summed E-state index contributed by atoms with van der Waals surface area (Å²) in [6.07, 6.45) is 4.48. The fraction of sp³-hybridized carbons (Fsp3) is 0.607. The van der Waals surface area contributed by atoms with E-state index in [0.29, 0.717) is 48.2 Å². The summed E-state index contributed by atoms with van der Waals surface area (Å²) in [5, 5.41) is 14.7. The second-order valence-corrected chi connectivity index (χ2v) is 13.2. The standard InChI is InChI=1S/C28H41N3O5S/c1-19-9-5-6-13-24(19)29-26(32)23-12-7-11-22-21(23)10-8-14-25(22)37(34,35)30-20-15-17-31(18-16-20)27(33)36-28(2,3)4/h7-8,10-12,14,19-20,24,27,30,33H,5-6,9,13,15-18H2,1-4H3,(H,29,32). The van der Waals surface area contributed by atoms with Crippen LogP contribution in [-0.2, 0) is 14.8 Å². The molecule has 37 heavy (non-hydrogen) atoms. The van der Waals surface area contributed by atoms with Crippen LogP contribution in [0, 0.1) is 5.92 Å². The highest BCUT2D eigenvalue weighted by Crippen LogP contribution is 2.28. The van der Waals surface area contributed by atoms with Crippen LogP contribution in [-0.4, -0.2) is 61.5 Å². The van der Waals surface area contributed by atoms with Crippen LogP contribution >= 0.6 is 0 Å². The summed E-state index contributed by atoms with van der Waals surface area (Å²) in [6.45, 7) is 8.85. The van der Waals surface area contributed by atoms with E-state index in [9.17, 15) is 18.3 Å². The summed E-state index contributed by atoms with van der Waals surface area (Å²) < 4.78 is 35.4. The van der Waals surface area contributed by atoms with E-state index in [2.05, 4.69) is 17.0 Å². The molecule has 3 unspecified atom stereocenters. The SMILES string of the molecule is CC1CCCCC1NC(=O)c1cccc2c(S(=O)(=O)NC3CCN(C(O)OC(C)(C)C)CC3)cccc12. The minimum absolute atomic E-state index is 0.142. The molecule has 2 aromatic rings. The molecule has 2 aromatic carbocycles. The molecule has 1 heterocycles. The van der Waals surface area contributed by atoms with E-state index >= 15 is 0 Å². The lowest BCUT2D eigenvalue weighted by Crippen LogP contribution is -2.50. The normalized spacial score (nSPS) is 23.2. The van der Waals surface area contributed by atoms with Crippen molar-refractivity contribution in [2.75, 3.05) is 13.1 Å². The number of piperidine rings is 1. The molecule has 3 N–H and O–H groups in total. The van der Waals surface area contributed by atoms with Gasteiger partial charge in [-0.15, -0.1) is 0 Å². The fourth-order valence-corrected chi connectivity index (χ4v) is 6.93. The fourth-order valence-electron chi connectivity index (χ4n) is 5.40. The number of benzene rings is 2. The second kappa shape index (κ2) is 11.4. The number of hydrogen-bond donors (Lipinski definition) is 3. The Labute approximate surface area is 220 Å². The number of aliphatic hydroxyl groups is 1. The van der Waals surface area contributed by atoms with Gasteiger partial charge >= 0.3 is 0 Å². The van der Waals surface area contributed by atoms with E-state index in [4.69, 9.17) is 4.74 Å². The maximum Gasteiger partial charge on any atom is 0.252 e. The number of likely N-dealkylation sites (tertiary alicyclic amines) is 1. The van der Waals surface area contributed by atoms with Gasteiger partial charge in [0.25, 0.3) is 5.91 Å². The zero-order valence-corrected chi connectivity index (χ0v) is 23.2. The van der Waals surface area contributed by atoms with E-state index < -0.39 is 22.0 Å². The van der Waals surface area contributed by atoms with Gasteiger partial charge < -0.3 is 15.2 Å². The molecule has 3 atom stereocenters. The first kappa shape index (κ1) is 28.0. The maximum atomic E-state index is 13.5. The van der Waals surface area contributed by atoms with Crippen molar-refractivity contribution in [2.24, 2.45) is 5.92 Å². The van der Waals surface area contributed by atoms with Crippen molar-refractivity contribution < 1.29 is 23.1 Å². The highest BCUT2D eigenvalue weighted by molar-refractivity contribution is 7.89. The van der Waals surface area contributed by atoms with Gasteiger partial charge in [0.2, 0.25) is 16.4 Å². The summed E-state index contributed by atoms with van der Waals surface area (Å²) in [5.41, 5.74) is 0.0184. The number of carbonyl (C=O) groups excluding carboxylic acids is 1. The Balaban J connectivity index is 1.48. The van der Waals surface area contributed by atoms with Crippen LogP contribution < -0.4 is 10.0 Å². The molecular formula is C28H41N3O5S. The maximum absolute atomic E-state index is 13.5. The molecule has 4 rings (SSSR count). The van der Waals surface area contributed by atoms with Crippen LogP contribution in [0.25, 0.3) is 10.8 Å². The largest absolute Gasteiger partial charge is 0.356 e. The lowest BCUT2D eigenvalue weighted by atomic mass is 9.85. The first-order chi connectivity index (χ1) is 17.4. The minimum atomic E-state index is -3.83. The minimum Gasteiger partial charge on any atom is -0.356 e. The van der Waals surface area contributed by atoms with Gasteiger partial charge in [-0.05, 0) is 69.9 Å². The lowest BCUT2D eigenvalue weighted by Gasteiger charge is -2.37. The molecule has 1 aliphatic heterocycles. The molecule has 0 spiro atoms. The Morgan fingerprint density at radius 1 is 1.03 bits per heavy atom. The molecule has 1 saturated carbocycles. The molecule has 0 bridgehead atoms. The van der Waals surface area contributed by atoms with Crippen LogP contribution in [0.3, 0.4) is 0 Å². The predicted octanol–water partition coefficient (Wildman–Crippen LogP) is 3.98. The first-order valence-corrected chi connectivity index (χ1v) is 14.9. The van der Waals surface area contributed by atoms with Crippen molar-refractivity contribution in [3.05, 3.63) is 42.0 Å². The zero-order chi connectivity index (χ0) is 26.8. The van der Waals surface area contributed by atoms with Gasteiger partial charge in [0, 0.05) is 36.1 Å². The second-order valence-electron chi connectivity index (χ2n) is 11.5. The highest BCUT2D eigenvalue weighted by Gasteiger charge is 2.30. The van der Waals surface area contributed by atoms with Gasteiger partial charge in [0.15, 0.2) is 0 Å². The predicted molar refractivity (Wildman–Crippen MR) is 145 cm³/mol. The lowest BCUT2D eigenvalue weighted by molar-refractivity contribution is -0.242. The molecule has 1 amide bonds. The van der Waals surface area contributed by atoms with Crippen molar-refractivity contribution >= 4 is 26.7 Å². The molecule has 0 aromatic heterocycles. The summed E-state index contributed by atoms with van der Waals surface area (Å²) in [5.74, 6) is 0.274. The molecule has 1 aliphatic carbocycles. The third kappa shape index (κ3) is 6.89. The van der Waals surface area contributed by atoms with Gasteiger partial charge in [0.1, 0.15) is 0 Å². The Kier molecular flexibility index (Phi) is 8.60. The molecule has 8 nitrogen and oxygen atoms in total. The number of hydrogen-bond acceptors (Lipinski definition) is 6. The number of fused-ring (bicyclic) bond motifs is 1. The number of amides is 1. The molecule has 1 saturated heterocycles. The number of aliphatic hydroxyl groups excluding tert-OH is 1. The topological polar surface area (TPSA) is 108 Å². The molecule has 0 radical (unpaired) electrons. The van der Waals surface area contributed by atoms with E-state index in [0.717, 1.165) is 19.3 Å². The summed E-state index contributed by atoms with van der Waals surface area (Å²) in [4.78, 5) is 15.2. The molecule has 9 heteroatoms. The Morgan fingerprint density at radius 3 is 2.35 bits per heavy atom. The van der Waals surface area contributed by atoms with Gasteiger partial charge in [-0.3, -0.25) is 9.69 Å². The van der Waals surface area contributed by atoms with Crippen molar-refractivity contribution in [1.29, 1.82) is 0 Å². The number of nitrogens with one attached hydrogen (secondary N) is 2. The van der Waals surface area contributed by atoms with E-state index in [1.807, 2.05) is 31.7 Å². The quantitative estimate of drug-likeness (QED) is 0.467. The first-order valence-electron chi connectivity index (χ1n) is 13.4. The third-order valence-electron chi connectivity index (χ3n) is 7.47. The number of rotatable bonds is 7. The average molecular weight is 532 g/mol. The number of nitrogens with zero attached hydrogens (tertiary/aromatic N) is 1. The van der Waals surface area contributed by atoms with Gasteiger partial charge in [-0.2, -0.15) is 0 Å². The van der Waals surface area contributed by atoms with Crippen molar-refractivity contribution in [2.45, 2.75) is 95.2 Å². The van der Waals surface area contributed by atoms with Gasteiger partial charge in [-0.25, -0.2) is 13.1 Å². The molecule has 2 fully saturated rings.